The van der Waals surface area contributed by atoms with E-state index in [0.29, 0.717) is 11.8 Å². The molecule has 0 amide bonds. The minimum Gasteiger partial charge on any atom is -0.206 e. The molecule has 32 heavy (non-hydrogen) atoms. The van der Waals surface area contributed by atoms with E-state index in [1.807, 2.05) is 37.3 Å². The number of benzene rings is 4. The smallest absolute Gasteiger partial charge is 0.134 e. The minimum atomic E-state index is -0.120. The Balaban J connectivity index is 1.49. The molecule has 0 heterocycles. The van der Waals surface area contributed by atoms with E-state index in [1.165, 1.54) is 16.7 Å². The first-order valence-electron chi connectivity index (χ1n) is 11.2. The van der Waals surface area contributed by atoms with Gasteiger partial charge in [0.2, 0.25) is 0 Å². The Hall–Kier alpha value is -3.63. The normalized spacial score (nSPS) is 11.0. The predicted molar refractivity (Wildman–Crippen MR) is 134 cm³/mol. The Morgan fingerprint density at radius 3 is 2.12 bits per heavy atom. The third kappa shape index (κ3) is 4.98. The van der Waals surface area contributed by atoms with Crippen LogP contribution in [0.2, 0.25) is 0 Å². The topological polar surface area (TPSA) is 0 Å². The lowest BCUT2D eigenvalue weighted by atomic mass is 10.0. The quantitative estimate of drug-likeness (QED) is 0.227. The van der Waals surface area contributed by atoms with Gasteiger partial charge in [-0.05, 0) is 78.1 Å². The van der Waals surface area contributed by atoms with Crippen molar-refractivity contribution in [1.29, 1.82) is 0 Å². The minimum absolute atomic E-state index is 0.120. The number of aryl methyl sites for hydroxylation is 2. The molecule has 0 aromatic heterocycles. The van der Waals surface area contributed by atoms with Crippen molar-refractivity contribution < 1.29 is 4.39 Å². The SMILES string of the molecule is C/C=C/CCc1ccc(-c2ccc(C#Cc3ccc4c(F)c(CC)ccc4c3)cc2)cc1. The van der Waals surface area contributed by atoms with E-state index in [1.54, 1.807) is 0 Å². The van der Waals surface area contributed by atoms with Gasteiger partial charge >= 0.3 is 0 Å². The van der Waals surface area contributed by atoms with Crippen LogP contribution >= 0.6 is 0 Å². The Bertz CT molecular complexity index is 1300. The average Bonchev–Trinajstić information content (AvgIpc) is 2.84. The zero-order chi connectivity index (χ0) is 22.3. The Morgan fingerprint density at radius 1 is 0.781 bits per heavy atom. The fourth-order valence-corrected chi connectivity index (χ4v) is 3.86. The number of halogens is 1. The molecule has 0 saturated carbocycles. The highest BCUT2D eigenvalue weighted by atomic mass is 19.1. The van der Waals surface area contributed by atoms with Crippen LogP contribution in [-0.4, -0.2) is 0 Å². The van der Waals surface area contributed by atoms with Gasteiger partial charge in [-0.3, -0.25) is 0 Å². The Kier molecular flexibility index (Phi) is 6.83. The number of hydrogen-bond donors (Lipinski definition) is 0. The number of allylic oxidation sites excluding steroid dienone is 2. The molecule has 0 aliphatic rings. The summed E-state index contributed by atoms with van der Waals surface area (Å²) in [5.74, 6) is 6.32. The van der Waals surface area contributed by atoms with Crippen molar-refractivity contribution >= 4 is 10.8 Å². The van der Waals surface area contributed by atoms with Crippen LogP contribution in [0, 0.1) is 17.7 Å². The summed E-state index contributed by atoms with van der Waals surface area (Å²) in [6, 6.07) is 26.6. The number of rotatable bonds is 5. The fourth-order valence-electron chi connectivity index (χ4n) is 3.86. The Labute approximate surface area is 190 Å². The van der Waals surface area contributed by atoms with E-state index in [2.05, 4.69) is 79.4 Å². The first-order valence-corrected chi connectivity index (χ1v) is 11.2. The zero-order valence-corrected chi connectivity index (χ0v) is 18.7. The summed E-state index contributed by atoms with van der Waals surface area (Å²) in [6.07, 6.45) is 7.14. The summed E-state index contributed by atoms with van der Waals surface area (Å²) in [7, 11) is 0. The van der Waals surface area contributed by atoms with Crippen LogP contribution in [0.25, 0.3) is 21.9 Å². The molecule has 4 aromatic rings. The molecule has 0 fully saturated rings. The maximum Gasteiger partial charge on any atom is 0.134 e. The third-order valence-electron chi connectivity index (χ3n) is 5.77. The molecule has 0 aliphatic heterocycles. The van der Waals surface area contributed by atoms with Crippen molar-refractivity contribution in [1.82, 2.24) is 0 Å². The van der Waals surface area contributed by atoms with Gasteiger partial charge in [0.25, 0.3) is 0 Å². The lowest BCUT2D eigenvalue weighted by molar-refractivity contribution is 0.624. The van der Waals surface area contributed by atoms with Crippen molar-refractivity contribution in [2.24, 2.45) is 0 Å². The molecule has 0 saturated heterocycles. The van der Waals surface area contributed by atoms with Gasteiger partial charge in [-0.2, -0.15) is 0 Å². The van der Waals surface area contributed by atoms with Crippen LogP contribution < -0.4 is 0 Å². The van der Waals surface area contributed by atoms with Gasteiger partial charge in [0.05, 0.1) is 0 Å². The second-order valence-corrected chi connectivity index (χ2v) is 7.96. The molecule has 0 bridgehead atoms. The molecule has 0 radical (unpaired) electrons. The van der Waals surface area contributed by atoms with Crippen molar-refractivity contribution in [2.45, 2.75) is 33.1 Å². The van der Waals surface area contributed by atoms with Crippen LogP contribution in [-0.2, 0) is 12.8 Å². The molecular formula is C31H27F. The second-order valence-electron chi connectivity index (χ2n) is 7.96. The molecule has 4 rings (SSSR count). The van der Waals surface area contributed by atoms with E-state index >= 15 is 0 Å². The van der Waals surface area contributed by atoms with E-state index in [-0.39, 0.29) is 5.82 Å². The summed E-state index contributed by atoms with van der Waals surface area (Å²) in [4.78, 5) is 0. The number of fused-ring (bicyclic) bond motifs is 1. The fraction of sp³-hybridized carbons (Fsp3) is 0.161. The molecule has 158 valence electrons. The average molecular weight is 419 g/mol. The lowest BCUT2D eigenvalue weighted by Crippen LogP contribution is -1.89. The van der Waals surface area contributed by atoms with Crippen molar-refractivity contribution in [3.05, 3.63) is 119 Å². The predicted octanol–water partition coefficient (Wildman–Crippen LogP) is 8.12. The van der Waals surface area contributed by atoms with E-state index in [9.17, 15) is 4.39 Å². The van der Waals surface area contributed by atoms with Crippen LogP contribution in [0.5, 0.6) is 0 Å². The summed E-state index contributed by atoms with van der Waals surface area (Å²) < 4.78 is 14.5. The summed E-state index contributed by atoms with van der Waals surface area (Å²) >= 11 is 0. The molecule has 4 aromatic carbocycles. The Morgan fingerprint density at radius 2 is 1.44 bits per heavy atom. The van der Waals surface area contributed by atoms with E-state index < -0.39 is 0 Å². The molecule has 0 aliphatic carbocycles. The summed E-state index contributed by atoms with van der Waals surface area (Å²) in [5.41, 5.74) is 6.35. The van der Waals surface area contributed by atoms with Crippen LogP contribution in [0.4, 0.5) is 4.39 Å². The highest BCUT2D eigenvalue weighted by Gasteiger charge is 2.06. The monoisotopic (exact) mass is 418 g/mol. The van der Waals surface area contributed by atoms with E-state index in [4.69, 9.17) is 0 Å². The van der Waals surface area contributed by atoms with Crippen LogP contribution in [0.15, 0.2) is 91.0 Å². The summed E-state index contributed by atoms with van der Waals surface area (Å²) in [5, 5.41) is 1.54. The van der Waals surface area contributed by atoms with Crippen LogP contribution in [0.1, 0.15) is 42.5 Å². The molecule has 1 heteroatoms. The maximum atomic E-state index is 14.5. The zero-order valence-electron chi connectivity index (χ0n) is 18.7. The first-order chi connectivity index (χ1) is 15.7. The van der Waals surface area contributed by atoms with E-state index in [0.717, 1.165) is 34.9 Å². The van der Waals surface area contributed by atoms with Crippen molar-refractivity contribution in [3.63, 3.8) is 0 Å². The van der Waals surface area contributed by atoms with Gasteiger partial charge in [0, 0.05) is 16.5 Å². The highest BCUT2D eigenvalue weighted by Crippen LogP contribution is 2.23. The first kappa shape index (κ1) is 21.6. The standard InChI is InChI=1S/C31H27F/c1-3-5-6-7-23-10-15-27(16-11-23)28-17-12-24(13-18-28)8-9-25-14-21-30-29(22-25)20-19-26(4-2)31(30)32/h3,5,10-22H,4,6-7H2,1-2H3/b5-3+. The van der Waals surface area contributed by atoms with Gasteiger partial charge in [-0.1, -0.05) is 85.5 Å². The van der Waals surface area contributed by atoms with Gasteiger partial charge in [0.1, 0.15) is 5.82 Å². The molecule has 0 atom stereocenters. The molecule has 0 unspecified atom stereocenters. The number of hydrogen-bond acceptors (Lipinski definition) is 0. The largest absolute Gasteiger partial charge is 0.206 e. The second kappa shape index (κ2) is 10.1. The molecular weight excluding hydrogens is 391 g/mol. The third-order valence-corrected chi connectivity index (χ3v) is 5.77. The van der Waals surface area contributed by atoms with Crippen molar-refractivity contribution in [2.75, 3.05) is 0 Å². The van der Waals surface area contributed by atoms with Gasteiger partial charge in [-0.15, -0.1) is 0 Å². The molecule has 0 nitrogen and oxygen atoms in total. The lowest BCUT2D eigenvalue weighted by Gasteiger charge is -2.05. The van der Waals surface area contributed by atoms with Crippen molar-refractivity contribution in [3.8, 4) is 23.0 Å². The van der Waals surface area contributed by atoms with Gasteiger partial charge in [-0.25, -0.2) is 4.39 Å². The van der Waals surface area contributed by atoms with Gasteiger partial charge < -0.3 is 0 Å². The maximum absolute atomic E-state index is 14.5. The molecule has 0 N–H and O–H groups in total. The molecule has 0 spiro atoms. The van der Waals surface area contributed by atoms with Crippen LogP contribution in [0.3, 0.4) is 0 Å². The summed E-state index contributed by atoms with van der Waals surface area (Å²) in [6.45, 7) is 4.03. The highest BCUT2D eigenvalue weighted by molar-refractivity contribution is 5.85. The van der Waals surface area contributed by atoms with Gasteiger partial charge in [0.15, 0.2) is 0 Å².